The average Bonchev–Trinajstić information content (AvgIpc) is 2.61. The Balaban J connectivity index is 2.02. The van der Waals surface area contributed by atoms with Gasteiger partial charge in [0.1, 0.15) is 5.75 Å². The molecular weight excluding hydrogens is 363 g/mol. The highest BCUT2D eigenvalue weighted by molar-refractivity contribution is 6.34. The van der Waals surface area contributed by atoms with Crippen molar-refractivity contribution in [3.05, 3.63) is 70.7 Å². The fourth-order valence-electron chi connectivity index (χ4n) is 1.97. The van der Waals surface area contributed by atoms with Gasteiger partial charge in [0, 0.05) is 17.6 Å². The first-order valence-electron chi connectivity index (χ1n) is 7.37. The Morgan fingerprint density at radius 2 is 1.92 bits per heavy atom. The molecular formula is C18H16Cl2N2O3. The molecule has 0 spiro atoms. The number of hydrogen-bond donors (Lipinski definition) is 2. The number of anilines is 1. The second-order valence-electron chi connectivity index (χ2n) is 4.96. The highest BCUT2D eigenvalue weighted by Crippen LogP contribution is 2.27. The monoisotopic (exact) mass is 378 g/mol. The molecule has 2 rings (SSSR count). The lowest BCUT2D eigenvalue weighted by Crippen LogP contribution is -2.26. The van der Waals surface area contributed by atoms with E-state index in [0.717, 1.165) is 0 Å². The van der Waals surface area contributed by atoms with Crippen LogP contribution in [0, 0.1) is 0 Å². The van der Waals surface area contributed by atoms with Crippen LogP contribution >= 0.6 is 23.2 Å². The third kappa shape index (κ3) is 5.52. The second kappa shape index (κ2) is 9.11. The van der Waals surface area contributed by atoms with Crippen LogP contribution in [0.3, 0.4) is 0 Å². The summed E-state index contributed by atoms with van der Waals surface area (Å²) >= 11 is 11.8. The molecule has 0 heterocycles. The molecule has 0 aliphatic carbocycles. The normalized spacial score (nSPS) is 10.0. The van der Waals surface area contributed by atoms with Gasteiger partial charge in [-0.1, -0.05) is 41.4 Å². The first-order valence-corrected chi connectivity index (χ1v) is 8.12. The number of carbonyl (C=O) groups is 2. The van der Waals surface area contributed by atoms with E-state index in [4.69, 9.17) is 27.9 Å². The van der Waals surface area contributed by atoms with Gasteiger partial charge in [-0.3, -0.25) is 9.59 Å². The van der Waals surface area contributed by atoms with E-state index >= 15 is 0 Å². The summed E-state index contributed by atoms with van der Waals surface area (Å²) < 4.78 is 5.37. The number of nitrogens with one attached hydrogen (secondary N) is 2. The van der Waals surface area contributed by atoms with Gasteiger partial charge in [-0.2, -0.15) is 0 Å². The highest BCUT2D eigenvalue weighted by atomic mass is 35.5. The van der Waals surface area contributed by atoms with Crippen molar-refractivity contribution in [1.29, 1.82) is 0 Å². The minimum atomic E-state index is -0.431. The number of hydrogen-bond acceptors (Lipinski definition) is 3. The Morgan fingerprint density at radius 1 is 1.16 bits per heavy atom. The van der Waals surface area contributed by atoms with Crippen LogP contribution in [0.15, 0.2) is 55.1 Å². The molecule has 0 bridgehead atoms. The lowest BCUT2D eigenvalue weighted by Gasteiger charge is -2.12. The zero-order valence-corrected chi connectivity index (χ0v) is 14.7. The molecule has 0 saturated carbocycles. The molecule has 2 aromatic rings. The molecule has 7 heteroatoms. The molecule has 2 aromatic carbocycles. The quantitative estimate of drug-likeness (QED) is 0.717. The van der Waals surface area contributed by atoms with Crippen LogP contribution in [-0.4, -0.2) is 25.0 Å². The molecule has 2 amide bonds. The van der Waals surface area contributed by atoms with Crippen LogP contribution in [-0.2, 0) is 4.79 Å². The fraction of sp³-hybridized carbons (Fsp3) is 0.111. The molecule has 0 aliphatic rings. The van der Waals surface area contributed by atoms with Crippen molar-refractivity contribution in [2.24, 2.45) is 0 Å². The van der Waals surface area contributed by atoms with Gasteiger partial charge < -0.3 is 15.4 Å². The Morgan fingerprint density at radius 3 is 2.68 bits per heavy atom. The number of carbonyl (C=O) groups excluding carboxylic acids is 2. The Labute approximate surface area is 155 Å². The van der Waals surface area contributed by atoms with Gasteiger partial charge in [-0.15, -0.1) is 6.58 Å². The van der Waals surface area contributed by atoms with Gasteiger partial charge in [0.05, 0.1) is 16.3 Å². The molecule has 5 nitrogen and oxygen atoms in total. The molecule has 130 valence electrons. The Bertz CT molecular complexity index is 794. The third-order valence-corrected chi connectivity index (χ3v) is 3.65. The summed E-state index contributed by atoms with van der Waals surface area (Å²) in [7, 11) is 0. The molecule has 0 saturated heterocycles. The maximum absolute atomic E-state index is 12.1. The van der Waals surface area contributed by atoms with Crippen LogP contribution in [0.25, 0.3) is 0 Å². The summed E-state index contributed by atoms with van der Waals surface area (Å²) in [4.78, 5) is 24.2. The Hall–Kier alpha value is -2.50. The van der Waals surface area contributed by atoms with Crippen molar-refractivity contribution in [1.82, 2.24) is 5.32 Å². The van der Waals surface area contributed by atoms with E-state index in [1.165, 1.54) is 6.07 Å². The van der Waals surface area contributed by atoms with Crippen LogP contribution in [0.1, 0.15) is 10.4 Å². The molecule has 0 fully saturated rings. The summed E-state index contributed by atoms with van der Waals surface area (Å²) in [6.07, 6.45) is 1.57. The molecule has 25 heavy (non-hydrogen) atoms. The van der Waals surface area contributed by atoms with Crippen molar-refractivity contribution < 1.29 is 14.3 Å². The maximum Gasteiger partial charge on any atom is 0.262 e. The van der Waals surface area contributed by atoms with E-state index in [2.05, 4.69) is 17.2 Å². The zero-order chi connectivity index (χ0) is 18.2. The summed E-state index contributed by atoms with van der Waals surface area (Å²) in [6, 6.07) is 11.4. The zero-order valence-electron chi connectivity index (χ0n) is 13.2. The molecule has 0 aliphatic heterocycles. The number of amides is 2. The second-order valence-corrected chi connectivity index (χ2v) is 5.80. The number of rotatable bonds is 7. The van der Waals surface area contributed by atoms with Crippen LogP contribution < -0.4 is 15.4 Å². The summed E-state index contributed by atoms with van der Waals surface area (Å²) in [5.41, 5.74) is 0.730. The molecule has 0 unspecified atom stereocenters. The van der Waals surface area contributed by atoms with Gasteiger partial charge in [-0.25, -0.2) is 0 Å². The Kier molecular flexibility index (Phi) is 6.86. The highest BCUT2D eigenvalue weighted by Gasteiger charge is 2.13. The first kappa shape index (κ1) is 18.8. The topological polar surface area (TPSA) is 67.4 Å². The predicted molar refractivity (Wildman–Crippen MR) is 99.6 cm³/mol. The van der Waals surface area contributed by atoms with Crippen molar-refractivity contribution in [2.75, 3.05) is 18.5 Å². The van der Waals surface area contributed by atoms with E-state index in [0.29, 0.717) is 33.6 Å². The first-order chi connectivity index (χ1) is 12.0. The van der Waals surface area contributed by atoms with Crippen molar-refractivity contribution in [3.63, 3.8) is 0 Å². The summed E-state index contributed by atoms with van der Waals surface area (Å²) in [5.74, 6) is -0.434. The third-order valence-electron chi connectivity index (χ3n) is 3.10. The molecule has 0 aromatic heterocycles. The van der Waals surface area contributed by atoms with Gasteiger partial charge >= 0.3 is 0 Å². The smallest absolute Gasteiger partial charge is 0.262 e. The minimum Gasteiger partial charge on any atom is -0.482 e. The van der Waals surface area contributed by atoms with Crippen LogP contribution in [0.5, 0.6) is 5.75 Å². The van der Waals surface area contributed by atoms with Gasteiger partial charge in [0.2, 0.25) is 0 Å². The molecule has 0 atom stereocenters. The van der Waals surface area contributed by atoms with E-state index in [-0.39, 0.29) is 12.5 Å². The van der Waals surface area contributed by atoms with Gasteiger partial charge in [-0.05, 0) is 24.3 Å². The number of benzene rings is 2. The summed E-state index contributed by atoms with van der Waals surface area (Å²) in [6.45, 7) is 3.60. The van der Waals surface area contributed by atoms with E-state index in [9.17, 15) is 9.59 Å². The van der Waals surface area contributed by atoms with Gasteiger partial charge in [0.15, 0.2) is 6.61 Å². The number of halogens is 2. The van der Waals surface area contributed by atoms with E-state index in [1.807, 2.05) is 0 Å². The fourth-order valence-corrected chi connectivity index (χ4v) is 2.30. The van der Waals surface area contributed by atoms with Crippen LogP contribution in [0.4, 0.5) is 5.69 Å². The minimum absolute atomic E-state index is 0.275. The van der Waals surface area contributed by atoms with Crippen molar-refractivity contribution in [2.45, 2.75) is 0 Å². The molecule has 0 radical (unpaired) electrons. The number of ether oxygens (including phenoxy) is 1. The number of para-hydroxylation sites is 1. The molecule has 2 N–H and O–H groups in total. The summed E-state index contributed by atoms with van der Waals surface area (Å²) in [5, 5.41) is 6.10. The lowest BCUT2D eigenvalue weighted by molar-refractivity contribution is -0.118. The SMILES string of the molecule is C=CCNC(=O)c1ccccc1NC(=O)COc1cc(Cl)ccc1Cl. The van der Waals surface area contributed by atoms with Crippen molar-refractivity contribution >= 4 is 40.7 Å². The van der Waals surface area contributed by atoms with E-state index < -0.39 is 5.91 Å². The van der Waals surface area contributed by atoms with Gasteiger partial charge in [0.25, 0.3) is 11.8 Å². The predicted octanol–water partition coefficient (Wildman–Crippen LogP) is 3.93. The maximum atomic E-state index is 12.1. The van der Waals surface area contributed by atoms with E-state index in [1.54, 1.807) is 42.5 Å². The van der Waals surface area contributed by atoms with Crippen LogP contribution in [0.2, 0.25) is 10.0 Å². The largest absolute Gasteiger partial charge is 0.482 e. The lowest BCUT2D eigenvalue weighted by atomic mass is 10.1. The standard InChI is InChI=1S/C18H16Cl2N2O3/c1-2-9-21-18(24)13-5-3-4-6-15(13)22-17(23)11-25-16-10-12(19)7-8-14(16)20/h2-8,10H,1,9,11H2,(H,21,24)(H,22,23). The average molecular weight is 379 g/mol. The van der Waals surface area contributed by atoms with Crippen molar-refractivity contribution in [3.8, 4) is 5.75 Å².